The van der Waals surface area contributed by atoms with E-state index in [4.69, 9.17) is 21.1 Å². The molecule has 146 valence electrons. The van der Waals surface area contributed by atoms with E-state index in [9.17, 15) is 4.39 Å². The van der Waals surface area contributed by atoms with Gasteiger partial charge in [0.15, 0.2) is 12.4 Å². The first kappa shape index (κ1) is 18.4. The van der Waals surface area contributed by atoms with Crippen molar-refractivity contribution in [2.75, 3.05) is 6.79 Å². The molecule has 0 unspecified atom stereocenters. The molecule has 0 N–H and O–H groups in total. The molecule has 5 rings (SSSR count). The second kappa shape index (κ2) is 7.62. The summed E-state index contributed by atoms with van der Waals surface area (Å²) >= 11 is 7.81. The van der Waals surface area contributed by atoms with Gasteiger partial charge in [0.05, 0.1) is 23.9 Å². The van der Waals surface area contributed by atoms with Gasteiger partial charge in [-0.15, -0.1) is 11.8 Å². The predicted molar refractivity (Wildman–Crippen MR) is 108 cm³/mol. The smallest absolute Gasteiger partial charge is 0.189 e. The van der Waals surface area contributed by atoms with E-state index in [1.807, 2.05) is 12.1 Å². The van der Waals surface area contributed by atoms with Crippen molar-refractivity contribution in [3.63, 3.8) is 0 Å². The number of ether oxygens (including phenoxy) is 2. The summed E-state index contributed by atoms with van der Waals surface area (Å²) in [5, 5.41) is 6.67. The van der Waals surface area contributed by atoms with Crippen LogP contribution >= 0.6 is 23.4 Å². The van der Waals surface area contributed by atoms with Gasteiger partial charge in [0, 0.05) is 21.9 Å². The lowest BCUT2D eigenvalue weighted by Crippen LogP contribution is -2.13. The quantitative estimate of drug-likeness (QED) is 0.345. The van der Waals surface area contributed by atoms with Crippen LogP contribution in [0.1, 0.15) is 11.1 Å². The summed E-state index contributed by atoms with van der Waals surface area (Å²) < 4.78 is 25.9. The van der Waals surface area contributed by atoms with Gasteiger partial charge in [-0.3, -0.25) is 0 Å². The molecule has 0 spiro atoms. The number of hydrogen-bond donors (Lipinski definition) is 0. The fourth-order valence-corrected chi connectivity index (χ4v) is 4.41. The van der Waals surface area contributed by atoms with E-state index < -0.39 is 0 Å². The maximum atomic E-state index is 13.2. The van der Waals surface area contributed by atoms with E-state index in [0.717, 1.165) is 33.0 Å². The van der Waals surface area contributed by atoms with Gasteiger partial charge in [-0.2, -0.15) is 5.10 Å². The molecular weight excluding hydrogens is 415 g/mol. The van der Waals surface area contributed by atoms with Gasteiger partial charge in [0.2, 0.25) is 0 Å². The SMILES string of the molecule is Fc1ccc(-n2ncc3c(SCc4cc(Cl)cc5c4OCOC5)ncnc32)cc1. The molecule has 0 saturated carbocycles. The van der Waals surface area contributed by atoms with Crippen molar-refractivity contribution in [3.05, 3.63) is 70.9 Å². The van der Waals surface area contributed by atoms with Crippen LogP contribution in [0.5, 0.6) is 5.75 Å². The summed E-state index contributed by atoms with van der Waals surface area (Å²) in [5.41, 5.74) is 3.31. The summed E-state index contributed by atoms with van der Waals surface area (Å²) in [7, 11) is 0. The topological polar surface area (TPSA) is 62.1 Å². The van der Waals surface area contributed by atoms with E-state index >= 15 is 0 Å². The molecule has 0 atom stereocenters. The molecule has 1 aliphatic heterocycles. The molecule has 4 aromatic rings. The first-order valence-electron chi connectivity index (χ1n) is 8.78. The fraction of sp³-hybridized carbons (Fsp3) is 0.150. The largest absolute Gasteiger partial charge is 0.467 e. The Hall–Kier alpha value is -2.68. The van der Waals surface area contributed by atoms with Gasteiger partial charge >= 0.3 is 0 Å². The van der Waals surface area contributed by atoms with Crippen LogP contribution in [0.3, 0.4) is 0 Å². The van der Waals surface area contributed by atoms with Crippen molar-refractivity contribution in [1.82, 2.24) is 19.7 Å². The molecule has 2 aromatic carbocycles. The van der Waals surface area contributed by atoms with Crippen molar-refractivity contribution in [3.8, 4) is 11.4 Å². The van der Waals surface area contributed by atoms with Gasteiger partial charge in [0.25, 0.3) is 0 Å². The van der Waals surface area contributed by atoms with Crippen LogP contribution in [0.25, 0.3) is 16.7 Å². The molecule has 9 heteroatoms. The van der Waals surface area contributed by atoms with Gasteiger partial charge in [-0.1, -0.05) is 11.6 Å². The third-order valence-corrected chi connectivity index (χ3v) is 5.79. The molecule has 6 nitrogen and oxygen atoms in total. The Labute approximate surface area is 174 Å². The second-order valence-electron chi connectivity index (χ2n) is 6.40. The lowest BCUT2D eigenvalue weighted by Gasteiger charge is -2.21. The molecule has 0 radical (unpaired) electrons. The molecule has 1 aliphatic rings. The number of benzene rings is 2. The van der Waals surface area contributed by atoms with Crippen LogP contribution in [0, 0.1) is 5.82 Å². The van der Waals surface area contributed by atoms with Crippen LogP contribution in [0.4, 0.5) is 4.39 Å². The third-order valence-electron chi connectivity index (χ3n) is 4.52. The first-order chi connectivity index (χ1) is 14.2. The van der Waals surface area contributed by atoms with Crippen LogP contribution in [-0.4, -0.2) is 26.5 Å². The predicted octanol–water partition coefficient (Wildman–Crippen LogP) is 4.77. The summed E-state index contributed by atoms with van der Waals surface area (Å²) in [6.45, 7) is 0.713. The van der Waals surface area contributed by atoms with Crippen LogP contribution in [0.15, 0.2) is 53.9 Å². The fourth-order valence-electron chi connectivity index (χ4n) is 3.22. The van der Waals surface area contributed by atoms with E-state index in [2.05, 4.69) is 15.1 Å². The minimum Gasteiger partial charge on any atom is -0.467 e. The van der Waals surface area contributed by atoms with Crippen molar-refractivity contribution >= 4 is 34.4 Å². The lowest BCUT2D eigenvalue weighted by molar-refractivity contribution is -0.0168. The number of fused-ring (bicyclic) bond motifs is 2. The van der Waals surface area contributed by atoms with Gasteiger partial charge < -0.3 is 9.47 Å². The highest BCUT2D eigenvalue weighted by Crippen LogP contribution is 2.36. The minimum absolute atomic E-state index is 0.231. The van der Waals surface area contributed by atoms with Crippen molar-refractivity contribution in [1.29, 1.82) is 0 Å². The maximum absolute atomic E-state index is 13.2. The zero-order chi connectivity index (χ0) is 19.8. The highest BCUT2D eigenvalue weighted by molar-refractivity contribution is 7.98. The van der Waals surface area contributed by atoms with Crippen molar-refractivity contribution in [2.45, 2.75) is 17.4 Å². The molecule has 0 fully saturated rings. The Kier molecular flexibility index (Phi) is 4.83. The van der Waals surface area contributed by atoms with Crippen LogP contribution in [0.2, 0.25) is 5.02 Å². The minimum atomic E-state index is -0.298. The summed E-state index contributed by atoms with van der Waals surface area (Å²) in [5.74, 6) is 1.14. The number of nitrogens with zero attached hydrogens (tertiary/aromatic N) is 4. The number of thioether (sulfide) groups is 1. The Morgan fingerprint density at radius 1 is 1.17 bits per heavy atom. The van der Waals surface area contributed by atoms with Gasteiger partial charge in [-0.25, -0.2) is 19.0 Å². The Balaban J connectivity index is 1.46. The first-order valence-corrected chi connectivity index (χ1v) is 10.1. The molecule has 0 aliphatic carbocycles. The van der Waals surface area contributed by atoms with E-state index in [1.54, 1.807) is 34.8 Å². The number of hydrogen-bond acceptors (Lipinski definition) is 6. The zero-order valence-electron chi connectivity index (χ0n) is 15.0. The van der Waals surface area contributed by atoms with Crippen molar-refractivity contribution in [2.24, 2.45) is 0 Å². The Bertz CT molecular complexity index is 1200. The summed E-state index contributed by atoms with van der Waals surface area (Å²) in [4.78, 5) is 8.78. The summed E-state index contributed by atoms with van der Waals surface area (Å²) in [6, 6.07) is 9.87. The molecular formula is C20H14ClFN4O2S. The molecule has 29 heavy (non-hydrogen) atoms. The maximum Gasteiger partial charge on any atom is 0.189 e. The average Bonchev–Trinajstić information content (AvgIpc) is 3.17. The number of rotatable bonds is 4. The number of aromatic nitrogens is 4. The standard InChI is InChI=1S/C20H14ClFN4O2S/c21-14-5-12-8-27-11-28-18(12)13(6-14)9-29-20-17-7-25-26(19(17)23-10-24-20)16-3-1-15(22)2-4-16/h1-7,10H,8-9,11H2. The van der Waals surface area contributed by atoms with E-state index in [0.29, 0.717) is 23.0 Å². The van der Waals surface area contributed by atoms with Crippen molar-refractivity contribution < 1.29 is 13.9 Å². The monoisotopic (exact) mass is 428 g/mol. The third kappa shape index (κ3) is 3.55. The molecule has 3 heterocycles. The Morgan fingerprint density at radius 3 is 2.90 bits per heavy atom. The zero-order valence-corrected chi connectivity index (χ0v) is 16.6. The molecule has 0 amide bonds. The lowest BCUT2D eigenvalue weighted by atomic mass is 10.1. The van der Waals surface area contributed by atoms with Gasteiger partial charge in [-0.05, 0) is 36.4 Å². The molecule has 0 saturated heterocycles. The van der Waals surface area contributed by atoms with E-state index in [-0.39, 0.29) is 12.6 Å². The number of halogens is 2. The second-order valence-corrected chi connectivity index (χ2v) is 7.80. The average molecular weight is 429 g/mol. The highest BCUT2D eigenvalue weighted by Gasteiger charge is 2.18. The van der Waals surface area contributed by atoms with Crippen LogP contribution < -0.4 is 4.74 Å². The summed E-state index contributed by atoms with van der Waals surface area (Å²) in [6.07, 6.45) is 3.23. The molecule has 2 aromatic heterocycles. The van der Waals surface area contributed by atoms with Gasteiger partial charge in [0.1, 0.15) is 22.9 Å². The molecule has 0 bridgehead atoms. The normalized spacial score (nSPS) is 13.3. The van der Waals surface area contributed by atoms with Crippen LogP contribution in [-0.2, 0) is 17.1 Å². The van der Waals surface area contributed by atoms with E-state index in [1.165, 1.54) is 18.5 Å². The Morgan fingerprint density at radius 2 is 2.03 bits per heavy atom. The highest BCUT2D eigenvalue weighted by atomic mass is 35.5.